The van der Waals surface area contributed by atoms with E-state index >= 15 is 0 Å². The van der Waals surface area contributed by atoms with Crippen LogP contribution in [0.1, 0.15) is 17.5 Å². The van der Waals surface area contributed by atoms with E-state index in [1.54, 1.807) is 0 Å². The van der Waals surface area contributed by atoms with Crippen LogP contribution in [0.2, 0.25) is 0 Å². The van der Waals surface area contributed by atoms with Gasteiger partial charge in [0.2, 0.25) is 5.91 Å². The molecule has 1 N–H and O–H groups in total. The van der Waals surface area contributed by atoms with Gasteiger partial charge in [0.05, 0.1) is 19.6 Å². The van der Waals surface area contributed by atoms with Crippen molar-refractivity contribution < 1.29 is 19.4 Å². The molecule has 0 unspecified atom stereocenters. The predicted molar refractivity (Wildman–Crippen MR) is 79.1 cm³/mol. The van der Waals surface area contributed by atoms with Crippen molar-refractivity contribution in [1.29, 1.82) is 0 Å². The highest BCUT2D eigenvalue weighted by Crippen LogP contribution is 2.18. The molecule has 0 radical (unpaired) electrons. The number of hydrogen-bond acceptors (Lipinski definition) is 3. The standard InChI is InChI=1S/C16H19NO4/c1-4-8-17(11-16(19)20)15(18)7-9-21-14-6-5-12(2)10-13(14)3/h1,5-6,10H,7-9,11H2,2-3H3,(H,19,20). The highest BCUT2D eigenvalue weighted by atomic mass is 16.5. The number of carboxylic acid groups (broad SMARTS) is 1. The number of amides is 1. The number of ether oxygens (including phenoxy) is 1. The first kappa shape index (κ1) is 16.6. The average Bonchev–Trinajstić information content (AvgIpc) is 2.40. The van der Waals surface area contributed by atoms with E-state index in [1.165, 1.54) is 0 Å². The van der Waals surface area contributed by atoms with Gasteiger partial charge in [0.25, 0.3) is 0 Å². The number of carbonyl (C=O) groups excluding carboxylic acids is 1. The molecule has 0 aliphatic carbocycles. The molecular formula is C16H19NO4. The minimum absolute atomic E-state index is 0.0192. The summed E-state index contributed by atoms with van der Waals surface area (Å²) in [6.45, 7) is 3.69. The van der Waals surface area contributed by atoms with Crippen molar-refractivity contribution in [2.45, 2.75) is 20.3 Å². The van der Waals surface area contributed by atoms with Gasteiger partial charge < -0.3 is 14.7 Å². The molecule has 0 bridgehead atoms. The van der Waals surface area contributed by atoms with Crippen LogP contribution < -0.4 is 4.74 Å². The summed E-state index contributed by atoms with van der Waals surface area (Å²) in [5, 5.41) is 8.73. The Balaban J connectivity index is 2.51. The quantitative estimate of drug-likeness (QED) is 0.775. The van der Waals surface area contributed by atoms with Crippen molar-refractivity contribution in [2.24, 2.45) is 0 Å². The van der Waals surface area contributed by atoms with Crippen molar-refractivity contribution in [3.8, 4) is 18.1 Å². The van der Waals surface area contributed by atoms with Gasteiger partial charge in [0.1, 0.15) is 12.3 Å². The Hall–Kier alpha value is -2.48. The van der Waals surface area contributed by atoms with Gasteiger partial charge in [-0.25, -0.2) is 0 Å². The van der Waals surface area contributed by atoms with Gasteiger partial charge in [0.15, 0.2) is 0 Å². The largest absolute Gasteiger partial charge is 0.493 e. The molecule has 0 saturated carbocycles. The molecule has 0 aromatic heterocycles. The molecule has 0 spiro atoms. The van der Waals surface area contributed by atoms with E-state index in [0.29, 0.717) is 0 Å². The normalized spacial score (nSPS) is 9.76. The molecule has 21 heavy (non-hydrogen) atoms. The maximum atomic E-state index is 11.9. The highest BCUT2D eigenvalue weighted by Gasteiger charge is 2.15. The zero-order valence-corrected chi connectivity index (χ0v) is 12.3. The van der Waals surface area contributed by atoms with Gasteiger partial charge in [-0.1, -0.05) is 23.6 Å². The molecule has 0 fully saturated rings. The molecule has 0 aliphatic rings. The van der Waals surface area contributed by atoms with Crippen LogP contribution in [0, 0.1) is 26.2 Å². The second kappa shape index (κ2) is 7.95. The molecule has 112 valence electrons. The van der Waals surface area contributed by atoms with Gasteiger partial charge in [-0.15, -0.1) is 6.42 Å². The number of aryl methyl sites for hydroxylation is 2. The molecule has 0 saturated heterocycles. The molecule has 0 aliphatic heterocycles. The fourth-order valence-electron chi connectivity index (χ4n) is 1.87. The van der Waals surface area contributed by atoms with E-state index in [0.717, 1.165) is 21.8 Å². The monoisotopic (exact) mass is 289 g/mol. The van der Waals surface area contributed by atoms with Crippen molar-refractivity contribution in [1.82, 2.24) is 4.90 Å². The fraction of sp³-hybridized carbons (Fsp3) is 0.375. The third-order valence-corrected chi connectivity index (χ3v) is 2.86. The summed E-state index contributed by atoms with van der Waals surface area (Å²) in [7, 11) is 0. The van der Waals surface area contributed by atoms with Gasteiger partial charge in [-0.2, -0.15) is 0 Å². The lowest BCUT2D eigenvalue weighted by Gasteiger charge is -2.18. The highest BCUT2D eigenvalue weighted by molar-refractivity contribution is 5.81. The van der Waals surface area contributed by atoms with Crippen LogP contribution in [-0.4, -0.2) is 41.6 Å². The summed E-state index contributed by atoms with van der Waals surface area (Å²) in [4.78, 5) is 23.7. The van der Waals surface area contributed by atoms with E-state index < -0.39 is 12.5 Å². The first-order valence-corrected chi connectivity index (χ1v) is 6.57. The lowest BCUT2D eigenvalue weighted by atomic mass is 10.1. The van der Waals surface area contributed by atoms with Gasteiger partial charge in [0, 0.05) is 0 Å². The second-order valence-electron chi connectivity index (χ2n) is 4.72. The average molecular weight is 289 g/mol. The molecule has 1 rings (SSSR count). The lowest BCUT2D eigenvalue weighted by Crippen LogP contribution is -2.36. The van der Waals surface area contributed by atoms with Gasteiger partial charge in [-0.05, 0) is 25.5 Å². The van der Waals surface area contributed by atoms with E-state index in [2.05, 4.69) is 5.92 Å². The predicted octanol–water partition coefficient (Wildman–Crippen LogP) is 1.62. The Bertz CT molecular complexity index is 560. The van der Waals surface area contributed by atoms with Crippen molar-refractivity contribution >= 4 is 11.9 Å². The lowest BCUT2D eigenvalue weighted by molar-refractivity contribution is -0.144. The third kappa shape index (κ3) is 5.57. The first-order chi connectivity index (χ1) is 9.93. The van der Waals surface area contributed by atoms with Crippen LogP contribution in [0.15, 0.2) is 18.2 Å². The van der Waals surface area contributed by atoms with Crippen molar-refractivity contribution in [3.63, 3.8) is 0 Å². The molecule has 5 heteroatoms. The smallest absolute Gasteiger partial charge is 0.323 e. The van der Waals surface area contributed by atoms with E-state index in [9.17, 15) is 9.59 Å². The number of aliphatic carboxylic acids is 1. The summed E-state index contributed by atoms with van der Waals surface area (Å²) in [5.74, 6) is 1.57. The van der Waals surface area contributed by atoms with Crippen LogP contribution in [0.3, 0.4) is 0 Å². The molecule has 0 heterocycles. The number of carboxylic acids is 1. The van der Waals surface area contributed by atoms with Gasteiger partial charge >= 0.3 is 5.97 Å². The molecular weight excluding hydrogens is 270 g/mol. The Morgan fingerprint density at radius 2 is 2.10 bits per heavy atom. The van der Waals surface area contributed by atoms with Crippen LogP contribution in [-0.2, 0) is 9.59 Å². The molecule has 5 nitrogen and oxygen atoms in total. The first-order valence-electron chi connectivity index (χ1n) is 6.57. The molecule has 1 amide bonds. The Morgan fingerprint density at radius 1 is 1.38 bits per heavy atom. The summed E-state index contributed by atoms with van der Waals surface area (Å²) in [6.07, 6.45) is 5.21. The third-order valence-electron chi connectivity index (χ3n) is 2.86. The van der Waals surface area contributed by atoms with E-state index in [-0.39, 0.29) is 25.5 Å². The van der Waals surface area contributed by atoms with E-state index in [4.69, 9.17) is 16.3 Å². The Labute approximate surface area is 124 Å². The Morgan fingerprint density at radius 3 is 2.67 bits per heavy atom. The number of benzene rings is 1. The zero-order chi connectivity index (χ0) is 15.8. The SMILES string of the molecule is C#CCN(CC(=O)O)C(=O)CCOc1ccc(C)cc1C. The summed E-state index contributed by atoms with van der Waals surface area (Å²) >= 11 is 0. The molecule has 1 aromatic rings. The zero-order valence-electron chi connectivity index (χ0n) is 12.3. The number of rotatable bonds is 7. The Kier molecular flexibility index (Phi) is 6.28. The minimum atomic E-state index is -1.09. The summed E-state index contributed by atoms with van der Waals surface area (Å²) < 4.78 is 5.55. The van der Waals surface area contributed by atoms with E-state index in [1.807, 2.05) is 32.0 Å². The van der Waals surface area contributed by atoms with Crippen LogP contribution in [0.5, 0.6) is 5.75 Å². The minimum Gasteiger partial charge on any atom is -0.493 e. The number of nitrogens with zero attached hydrogens (tertiary/aromatic N) is 1. The molecule has 0 atom stereocenters. The van der Waals surface area contributed by atoms with Crippen LogP contribution in [0.4, 0.5) is 0 Å². The topological polar surface area (TPSA) is 66.8 Å². The molecule has 1 aromatic carbocycles. The van der Waals surface area contributed by atoms with Crippen molar-refractivity contribution in [3.05, 3.63) is 29.3 Å². The maximum Gasteiger partial charge on any atom is 0.323 e. The van der Waals surface area contributed by atoms with Gasteiger partial charge in [-0.3, -0.25) is 9.59 Å². The summed E-state index contributed by atoms with van der Waals surface area (Å²) in [5.41, 5.74) is 2.13. The van der Waals surface area contributed by atoms with Crippen LogP contribution in [0.25, 0.3) is 0 Å². The van der Waals surface area contributed by atoms with Crippen molar-refractivity contribution in [2.75, 3.05) is 19.7 Å². The maximum absolute atomic E-state index is 11.9. The fourth-order valence-corrected chi connectivity index (χ4v) is 1.87. The number of terminal acetylenes is 1. The number of hydrogen-bond donors (Lipinski definition) is 1. The van der Waals surface area contributed by atoms with Crippen LogP contribution >= 0.6 is 0 Å². The number of carbonyl (C=O) groups is 2. The second-order valence-corrected chi connectivity index (χ2v) is 4.72. The summed E-state index contributed by atoms with van der Waals surface area (Å²) in [6, 6.07) is 5.77.